The van der Waals surface area contributed by atoms with Crippen molar-refractivity contribution in [2.24, 2.45) is 0 Å². The van der Waals surface area contributed by atoms with Gasteiger partial charge in [0.2, 0.25) is 10.0 Å². The molecule has 0 aliphatic carbocycles. The third-order valence-corrected chi connectivity index (χ3v) is 7.98. The number of rotatable bonds is 5. The summed E-state index contributed by atoms with van der Waals surface area (Å²) in [6, 6.07) is 18.9. The van der Waals surface area contributed by atoms with E-state index in [2.05, 4.69) is 10.2 Å². The average Bonchev–Trinajstić information content (AvgIpc) is 2.81. The summed E-state index contributed by atoms with van der Waals surface area (Å²) in [4.78, 5) is 14.8. The number of aryl methyl sites for hydroxylation is 1. The van der Waals surface area contributed by atoms with Gasteiger partial charge in [-0.25, -0.2) is 8.42 Å². The van der Waals surface area contributed by atoms with E-state index in [4.69, 9.17) is 23.2 Å². The zero-order chi connectivity index (χ0) is 23.6. The van der Waals surface area contributed by atoms with Gasteiger partial charge in [-0.15, -0.1) is 0 Å². The Morgan fingerprint density at radius 3 is 2.21 bits per heavy atom. The Hall–Kier alpha value is -2.58. The van der Waals surface area contributed by atoms with Gasteiger partial charge in [-0.3, -0.25) is 4.79 Å². The first kappa shape index (κ1) is 23.6. The SMILES string of the molecule is Cc1cc(S(=O)(=O)N2CCN(c3cccc(Cl)c3)CC2)ccc1NC(=O)c1ccc(Cl)cc1. The van der Waals surface area contributed by atoms with Gasteiger partial charge in [0.1, 0.15) is 0 Å². The molecule has 172 valence electrons. The van der Waals surface area contributed by atoms with E-state index in [0.717, 1.165) is 5.69 Å². The van der Waals surface area contributed by atoms with E-state index in [1.807, 2.05) is 24.3 Å². The summed E-state index contributed by atoms with van der Waals surface area (Å²) in [6.07, 6.45) is 0. The van der Waals surface area contributed by atoms with Gasteiger partial charge in [-0.1, -0.05) is 29.3 Å². The summed E-state index contributed by atoms with van der Waals surface area (Å²) >= 11 is 12.0. The maximum absolute atomic E-state index is 13.2. The highest BCUT2D eigenvalue weighted by Gasteiger charge is 2.29. The number of sulfonamides is 1. The fraction of sp³-hybridized carbons (Fsp3) is 0.208. The average molecular weight is 504 g/mol. The predicted octanol–water partition coefficient (Wildman–Crippen LogP) is 5.07. The van der Waals surface area contributed by atoms with E-state index in [0.29, 0.717) is 53.0 Å². The summed E-state index contributed by atoms with van der Waals surface area (Å²) < 4.78 is 27.9. The molecule has 0 bridgehead atoms. The van der Waals surface area contributed by atoms with Gasteiger partial charge in [-0.2, -0.15) is 4.31 Å². The highest BCUT2D eigenvalue weighted by Crippen LogP contribution is 2.26. The highest BCUT2D eigenvalue weighted by molar-refractivity contribution is 7.89. The van der Waals surface area contributed by atoms with Gasteiger partial charge < -0.3 is 10.2 Å². The van der Waals surface area contributed by atoms with E-state index in [9.17, 15) is 13.2 Å². The number of nitrogens with one attached hydrogen (secondary N) is 1. The minimum absolute atomic E-state index is 0.209. The van der Waals surface area contributed by atoms with Crippen LogP contribution in [-0.2, 0) is 10.0 Å². The Kier molecular flexibility index (Phi) is 6.95. The molecule has 1 amide bonds. The van der Waals surface area contributed by atoms with Crippen LogP contribution in [0.1, 0.15) is 15.9 Å². The number of benzene rings is 3. The first-order chi connectivity index (χ1) is 15.7. The third kappa shape index (κ3) is 5.33. The maximum atomic E-state index is 13.2. The van der Waals surface area contributed by atoms with Crippen LogP contribution in [0, 0.1) is 6.92 Å². The lowest BCUT2D eigenvalue weighted by molar-refractivity contribution is 0.102. The number of nitrogens with zero attached hydrogens (tertiary/aromatic N) is 2. The lowest BCUT2D eigenvalue weighted by Crippen LogP contribution is -2.48. The molecule has 1 heterocycles. The maximum Gasteiger partial charge on any atom is 0.255 e. The van der Waals surface area contributed by atoms with Crippen molar-refractivity contribution < 1.29 is 13.2 Å². The van der Waals surface area contributed by atoms with Crippen LogP contribution >= 0.6 is 23.2 Å². The Labute approximate surface area is 203 Å². The fourth-order valence-corrected chi connectivity index (χ4v) is 5.56. The second-order valence-corrected chi connectivity index (χ2v) is 10.6. The van der Waals surface area contributed by atoms with Gasteiger partial charge in [0.25, 0.3) is 5.91 Å². The topological polar surface area (TPSA) is 69.7 Å². The quantitative estimate of drug-likeness (QED) is 0.527. The molecule has 0 radical (unpaired) electrons. The summed E-state index contributed by atoms with van der Waals surface area (Å²) in [6.45, 7) is 3.68. The zero-order valence-corrected chi connectivity index (χ0v) is 20.3. The van der Waals surface area contributed by atoms with Gasteiger partial charge in [0, 0.05) is 53.2 Å². The molecule has 3 aromatic carbocycles. The smallest absolute Gasteiger partial charge is 0.255 e. The monoisotopic (exact) mass is 503 g/mol. The number of amides is 1. The second kappa shape index (κ2) is 9.73. The lowest BCUT2D eigenvalue weighted by Gasteiger charge is -2.35. The molecule has 0 atom stereocenters. The number of halogens is 2. The molecule has 33 heavy (non-hydrogen) atoms. The van der Waals surface area contributed by atoms with Crippen LogP contribution in [0.3, 0.4) is 0 Å². The van der Waals surface area contributed by atoms with Crippen molar-refractivity contribution in [3.63, 3.8) is 0 Å². The number of hydrogen-bond acceptors (Lipinski definition) is 4. The van der Waals surface area contributed by atoms with Gasteiger partial charge in [0.05, 0.1) is 4.90 Å². The second-order valence-electron chi connectivity index (χ2n) is 7.81. The van der Waals surface area contributed by atoms with Gasteiger partial charge in [-0.05, 0) is 73.2 Å². The number of carbonyl (C=O) groups is 1. The standard InChI is InChI=1S/C24H23Cl2N3O3S/c1-17-15-22(9-10-23(17)27-24(30)18-5-7-19(25)8-6-18)33(31,32)29-13-11-28(12-14-29)21-4-2-3-20(26)16-21/h2-10,15-16H,11-14H2,1H3,(H,27,30). The van der Waals surface area contributed by atoms with Crippen molar-refractivity contribution >= 4 is 50.5 Å². The first-order valence-corrected chi connectivity index (χ1v) is 12.6. The molecular formula is C24H23Cl2N3O3S. The molecular weight excluding hydrogens is 481 g/mol. The Morgan fingerprint density at radius 2 is 1.58 bits per heavy atom. The molecule has 1 aliphatic rings. The van der Waals surface area contributed by atoms with E-state index in [1.54, 1.807) is 43.3 Å². The molecule has 0 saturated carbocycles. The van der Waals surface area contributed by atoms with Crippen molar-refractivity contribution in [2.75, 3.05) is 36.4 Å². The Balaban J connectivity index is 1.44. The van der Waals surface area contributed by atoms with Crippen molar-refractivity contribution in [1.29, 1.82) is 0 Å². The highest BCUT2D eigenvalue weighted by atomic mass is 35.5. The normalized spacial score (nSPS) is 14.8. The molecule has 4 rings (SSSR count). The van der Waals surface area contributed by atoms with Crippen LogP contribution in [0.5, 0.6) is 0 Å². The van der Waals surface area contributed by atoms with Crippen LogP contribution in [0.15, 0.2) is 71.6 Å². The van der Waals surface area contributed by atoms with E-state index in [1.165, 1.54) is 10.4 Å². The molecule has 1 fully saturated rings. The Bertz CT molecular complexity index is 1270. The van der Waals surface area contributed by atoms with Crippen LogP contribution in [0.2, 0.25) is 10.0 Å². The van der Waals surface area contributed by atoms with Crippen molar-refractivity contribution in [1.82, 2.24) is 4.31 Å². The van der Waals surface area contributed by atoms with Crippen LogP contribution < -0.4 is 10.2 Å². The number of anilines is 2. The number of hydrogen-bond donors (Lipinski definition) is 1. The first-order valence-electron chi connectivity index (χ1n) is 10.4. The van der Waals surface area contributed by atoms with Gasteiger partial charge >= 0.3 is 0 Å². The lowest BCUT2D eigenvalue weighted by atomic mass is 10.1. The number of piperazine rings is 1. The molecule has 3 aromatic rings. The molecule has 0 unspecified atom stereocenters. The fourth-order valence-electron chi connectivity index (χ4n) is 3.74. The molecule has 1 N–H and O–H groups in total. The zero-order valence-electron chi connectivity index (χ0n) is 18.0. The Morgan fingerprint density at radius 1 is 0.879 bits per heavy atom. The largest absolute Gasteiger partial charge is 0.369 e. The van der Waals surface area contributed by atoms with Crippen molar-refractivity contribution in [3.05, 3.63) is 87.9 Å². The van der Waals surface area contributed by atoms with E-state index < -0.39 is 10.0 Å². The molecule has 1 aliphatic heterocycles. The van der Waals surface area contributed by atoms with E-state index in [-0.39, 0.29) is 10.8 Å². The predicted molar refractivity (Wildman–Crippen MR) is 133 cm³/mol. The van der Waals surface area contributed by atoms with Crippen molar-refractivity contribution in [3.8, 4) is 0 Å². The van der Waals surface area contributed by atoms with E-state index >= 15 is 0 Å². The third-order valence-electron chi connectivity index (χ3n) is 5.60. The molecule has 9 heteroatoms. The van der Waals surface area contributed by atoms with Crippen LogP contribution in [0.25, 0.3) is 0 Å². The molecule has 0 spiro atoms. The summed E-state index contributed by atoms with van der Waals surface area (Å²) in [5, 5.41) is 4.03. The summed E-state index contributed by atoms with van der Waals surface area (Å²) in [7, 11) is -3.65. The summed E-state index contributed by atoms with van der Waals surface area (Å²) in [5.41, 5.74) is 2.67. The van der Waals surface area contributed by atoms with Crippen LogP contribution in [-0.4, -0.2) is 44.8 Å². The molecule has 0 aromatic heterocycles. The minimum atomic E-state index is -3.65. The number of carbonyl (C=O) groups excluding carboxylic acids is 1. The minimum Gasteiger partial charge on any atom is -0.369 e. The summed E-state index contributed by atoms with van der Waals surface area (Å²) in [5.74, 6) is -0.289. The molecule has 6 nitrogen and oxygen atoms in total. The van der Waals surface area contributed by atoms with Gasteiger partial charge in [0.15, 0.2) is 0 Å². The van der Waals surface area contributed by atoms with Crippen LogP contribution in [0.4, 0.5) is 11.4 Å². The van der Waals surface area contributed by atoms with Crippen molar-refractivity contribution in [2.45, 2.75) is 11.8 Å². The molecule has 1 saturated heterocycles.